The molecule has 130 valence electrons. The molecule has 23 heavy (non-hydrogen) atoms. The van der Waals surface area contributed by atoms with Crippen LogP contribution in [0.5, 0.6) is 0 Å². The average molecular weight is 344 g/mol. The molecule has 0 atom stereocenters. The maximum atomic E-state index is 12.5. The SMILES string of the molecule is CCCNC(=O)C1(NC(=O)c2coc(CN)c2)CCCCC1.Cl. The number of nitrogens with one attached hydrogen (secondary N) is 2. The summed E-state index contributed by atoms with van der Waals surface area (Å²) in [4.78, 5) is 25.0. The molecule has 6 nitrogen and oxygen atoms in total. The van der Waals surface area contributed by atoms with E-state index < -0.39 is 5.54 Å². The van der Waals surface area contributed by atoms with Crippen LogP contribution < -0.4 is 16.4 Å². The Morgan fingerprint density at radius 3 is 2.57 bits per heavy atom. The normalized spacial score (nSPS) is 16.3. The Balaban J connectivity index is 0.00000264. The molecule has 1 aliphatic carbocycles. The molecule has 1 aromatic rings. The maximum absolute atomic E-state index is 12.5. The van der Waals surface area contributed by atoms with E-state index in [1.165, 1.54) is 6.26 Å². The first-order valence-corrected chi connectivity index (χ1v) is 7.99. The number of hydrogen-bond acceptors (Lipinski definition) is 4. The minimum Gasteiger partial charge on any atom is -0.467 e. The van der Waals surface area contributed by atoms with Crippen molar-refractivity contribution in [1.82, 2.24) is 10.6 Å². The predicted molar refractivity (Wildman–Crippen MR) is 90.4 cm³/mol. The van der Waals surface area contributed by atoms with Crippen LogP contribution in [-0.2, 0) is 11.3 Å². The lowest BCUT2D eigenvalue weighted by atomic mass is 9.80. The van der Waals surface area contributed by atoms with Crippen LogP contribution in [0, 0.1) is 0 Å². The minimum absolute atomic E-state index is 0. The van der Waals surface area contributed by atoms with Crippen molar-refractivity contribution in [2.45, 2.75) is 57.5 Å². The summed E-state index contributed by atoms with van der Waals surface area (Å²) in [7, 11) is 0. The van der Waals surface area contributed by atoms with Gasteiger partial charge in [-0.3, -0.25) is 9.59 Å². The molecule has 0 aliphatic heterocycles. The van der Waals surface area contributed by atoms with Crippen molar-refractivity contribution in [2.75, 3.05) is 6.54 Å². The monoisotopic (exact) mass is 343 g/mol. The van der Waals surface area contributed by atoms with E-state index in [1.54, 1.807) is 6.07 Å². The second-order valence-corrected chi connectivity index (χ2v) is 5.86. The fourth-order valence-corrected chi connectivity index (χ4v) is 2.87. The molecule has 4 N–H and O–H groups in total. The van der Waals surface area contributed by atoms with Crippen LogP contribution in [0.4, 0.5) is 0 Å². The lowest BCUT2D eigenvalue weighted by Crippen LogP contribution is -2.59. The third-order valence-corrected chi connectivity index (χ3v) is 4.15. The second kappa shape index (κ2) is 8.93. The lowest BCUT2D eigenvalue weighted by molar-refractivity contribution is -0.128. The molecule has 1 fully saturated rings. The highest BCUT2D eigenvalue weighted by molar-refractivity contribution is 5.99. The molecule has 0 unspecified atom stereocenters. The average Bonchev–Trinajstić information content (AvgIpc) is 3.02. The first-order chi connectivity index (χ1) is 10.6. The van der Waals surface area contributed by atoms with Crippen LogP contribution >= 0.6 is 12.4 Å². The van der Waals surface area contributed by atoms with Crippen molar-refractivity contribution in [3.63, 3.8) is 0 Å². The fourth-order valence-electron chi connectivity index (χ4n) is 2.87. The van der Waals surface area contributed by atoms with Crippen molar-refractivity contribution in [2.24, 2.45) is 5.73 Å². The first kappa shape index (κ1) is 19.5. The molecule has 2 rings (SSSR count). The van der Waals surface area contributed by atoms with E-state index in [0.717, 1.165) is 25.7 Å². The summed E-state index contributed by atoms with van der Waals surface area (Å²) in [5, 5.41) is 5.86. The number of carbonyl (C=O) groups is 2. The van der Waals surface area contributed by atoms with Gasteiger partial charge in [-0.15, -0.1) is 12.4 Å². The minimum atomic E-state index is -0.801. The molecule has 1 aliphatic rings. The quantitative estimate of drug-likeness (QED) is 0.737. The van der Waals surface area contributed by atoms with Crippen LogP contribution in [-0.4, -0.2) is 23.9 Å². The third kappa shape index (κ3) is 4.72. The Bertz CT molecular complexity index is 524. The summed E-state index contributed by atoms with van der Waals surface area (Å²) in [6.45, 7) is 2.88. The van der Waals surface area contributed by atoms with Gasteiger partial charge in [-0.25, -0.2) is 0 Å². The first-order valence-electron chi connectivity index (χ1n) is 7.99. The molecule has 0 aromatic carbocycles. The van der Waals surface area contributed by atoms with Gasteiger partial charge in [0.1, 0.15) is 17.6 Å². The molecular formula is C16H26ClN3O3. The number of hydrogen-bond donors (Lipinski definition) is 3. The molecule has 7 heteroatoms. The zero-order chi connectivity index (χ0) is 16.0. The highest BCUT2D eigenvalue weighted by atomic mass is 35.5. The number of furan rings is 1. The van der Waals surface area contributed by atoms with E-state index in [0.29, 0.717) is 30.7 Å². The van der Waals surface area contributed by atoms with E-state index in [4.69, 9.17) is 10.2 Å². The van der Waals surface area contributed by atoms with Gasteiger partial charge in [0, 0.05) is 6.54 Å². The van der Waals surface area contributed by atoms with Gasteiger partial charge in [0.25, 0.3) is 5.91 Å². The molecule has 1 saturated carbocycles. The Kier molecular flexibility index (Phi) is 7.58. The van der Waals surface area contributed by atoms with Gasteiger partial charge >= 0.3 is 0 Å². The van der Waals surface area contributed by atoms with E-state index in [-0.39, 0.29) is 30.8 Å². The van der Waals surface area contributed by atoms with Crippen molar-refractivity contribution < 1.29 is 14.0 Å². The van der Waals surface area contributed by atoms with Gasteiger partial charge in [-0.2, -0.15) is 0 Å². The molecule has 0 spiro atoms. The van der Waals surface area contributed by atoms with E-state index in [9.17, 15) is 9.59 Å². The smallest absolute Gasteiger partial charge is 0.255 e. The van der Waals surface area contributed by atoms with Crippen molar-refractivity contribution >= 4 is 24.2 Å². The van der Waals surface area contributed by atoms with Gasteiger partial charge in [-0.05, 0) is 25.3 Å². The second-order valence-electron chi connectivity index (χ2n) is 5.86. The van der Waals surface area contributed by atoms with Crippen LogP contribution in [0.25, 0.3) is 0 Å². The molecule has 1 aromatic heterocycles. The topological polar surface area (TPSA) is 97.4 Å². The number of amides is 2. The third-order valence-electron chi connectivity index (χ3n) is 4.15. The van der Waals surface area contributed by atoms with Gasteiger partial charge in [-0.1, -0.05) is 26.2 Å². The lowest BCUT2D eigenvalue weighted by Gasteiger charge is -2.36. The Morgan fingerprint density at radius 2 is 2.00 bits per heavy atom. The highest BCUT2D eigenvalue weighted by Gasteiger charge is 2.40. The summed E-state index contributed by atoms with van der Waals surface area (Å²) < 4.78 is 5.20. The Morgan fingerprint density at radius 1 is 1.30 bits per heavy atom. The van der Waals surface area contributed by atoms with Crippen LogP contribution in [0.3, 0.4) is 0 Å². The zero-order valence-electron chi connectivity index (χ0n) is 13.5. The molecule has 1 heterocycles. The summed E-state index contributed by atoms with van der Waals surface area (Å²) in [6, 6.07) is 1.62. The Labute approximate surface area is 143 Å². The van der Waals surface area contributed by atoms with E-state index >= 15 is 0 Å². The van der Waals surface area contributed by atoms with Gasteiger partial charge in [0.05, 0.1) is 12.1 Å². The zero-order valence-corrected chi connectivity index (χ0v) is 14.3. The standard InChI is InChI=1S/C16H25N3O3.ClH/c1-2-8-18-15(21)16(6-4-3-5-7-16)19-14(20)12-9-13(10-17)22-11-12;/h9,11H,2-8,10,17H2,1H3,(H,18,21)(H,19,20);1H. The molecular weight excluding hydrogens is 318 g/mol. The van der Waals surface area contributed by atoms with Gasteiger partial charge < -0.3 is 20.8 Å². The fraction of sp³-hybridized carbons (Fsp3) is 0.625. The number of halogens is 1. The van der Waals surface area contributed by atoms with E-state index in [2.05, 4.69) is 10.6 Å². The summed E-state index contributed by atoms with van der Waals surface area (Å²) >= 11 is 0. The maximum Gasteiger partial charge on any atom is 0.255 e. The highest BCUT2D eigenvalue weighted by Crippen LogP contribution is 2.29. The molecule has 0 bridgehead atoms. The van der Waals surface area contributed by atoms with Gasteiger partial charge in [0.15, 0.2) is 0 Å². The van der Waals surface area contributed by atoms with Crippen LogP contribution in [0.15, 0.2) is 16.7 Å². The number of carbonyl (C=O) groups excluding carboxylic acids is 2. The summed E-state index contributed by atoms with van der Waals surface area (Å²) in [5.41, 5.74) is 5.10. The van der Waals surface area contributed by atoms with Crippen molar-refractivity contribution in [1.29, 1.82) is 0 Å². The van der Waals surface area contributed by atoms with Crippen molar-refractivity contribution in [3.05, 3.63) is 23.7 Å². The predicted octanol–water partition coefficient (Wildman–Crippen LogP) is 2.12. The van der Waals surface area contributed by atoms with Crippen molar-refractivity contribution in [3.8, 4) is 0 Å². The Hall–Kier alpha value is -1.53. The number of nitrogens with two attached hydrogens (primary N) is 1. The van der Waals surface area contributed by atoms with Crippen LogP contribution in [0.2, 0.25) is 0 Å². The van der Waals surface area contributed by atoms with Gasteiger partial charge in [0.2, 0.25) is 5.91 Å². The summed E-state index contributed by atoms with van der Waals surface area (Å²) in [6.07, 6.45) is 6.60. The van der Waals surface area contributed by atoms with Crippen LogP contribution in [0.1, 0.15) is 61.6 Å². The largest absolute Gasteiger partial charge is 0.467 e. The number of rotatable bonds is 6. The molecule has 0 saturated heterocycles. The van der Waals surface area contributed by atoms with E-state index in [1.807, 2.05) is 6.92 Å². The molecule has 2 amide bonds. The molecule has 0 radical (unpaired) electrons. The summed E-state index contributed by atoms with van der Waals surface area (Å²) in [5.74, 6) is 0.195.